The van der Waals surface area contributed by atoms with Crippen molar-refractivity contribution in [1.82, 2.24) is 10.2 Å². The summed E-state index contributed by atoms with van der Waals surface area (Å²) in [5, 5.41) is 30.7. The lowest BCUT2D eigenvalue weighted by molar-refractivity contribution is -0.144. The van der Waals surface area contributed by atoms with Gasteiger partial charge in [0.2, 0.25) is 0 Å². The quantitative estimate of drug-likeness (QED) is 0.339. The third-order valence-corrected chi connectivity index (χ3v) is 4.58. The largest absolute Gasteiger partial charge is 0.480 e. The van der Waals surface area contributed by atoms with Gasteiger partial charge in [0.25, 0.3) is 0 Å². The molecule has 0 amide bonds. The Balaban J connectivity index is 1.90. The standard InChI is InChI=1S/C13H26BN3O5/c15-13(12(18)19)9-17(7-11-8-22-5-4-16-11)6-10(13)2-1-3-14(20)21/h10-11,16,20-21H,1-9,15H2,(H,18,19)/t10-,11+,13-/m0/s1. The number of rotatable bonds is 7. The molecule has 2 saturated heterocycles. The molecule has 0 aliphatic carbocycles. The van der Waals surface area contributed by atoms with E-state index in [1.54, 1.807) is 0 Å². The number of carboxylic acids is 1. The number of nitrogens with one attached hydrogen (secondary N) is 1. The molecular formula is C13H26BN3O5. The fraction of sp³-hybridized carbons (Fsp3) is 0.923. The fourth-order valence-corrected chi connectivity index (χ4v) is 3.36. The van der Waals surface area contributed by atoms with Crippen LogP contribution in [0.2, 0.25) is 6.32 Å². The summed E-state index contributed by atoms with van der Waals surface area (Å²) in [5.74, 6) is -1.18. The molecule has 0 unspecified atom stereocenters. The summed E-state index contributed by atoms with van der Waals surface area (Å²) in [6.07, 6.45) is 1.36. The summed E-state index contributed by atoms with van der Waals surface area (Å²) >= 11 is 0. The summed E-state index contributed by atoms with van der Waals surface area (Å²) in [6, 6.07) is 0.199. The van der Waals surface area contributed by atoms with Crippen LogP contribution in [0.3, 0.4) is 0 Å². The minimum absolute atomic E-state index is 0.187. The van der Waals surface area contributed by atoms with Gasteiger partial charge in [-0.2, -0.15) is 0 Å². The maximum absolute atomic E-state index is 11.6. The molecule has 2 aliphatic rings. The van der Waals surface area contributed by atoms with Crippen LogP contribution in [0.1, 0.15) is 12.8 Å². The summed E-state index contributed by atoms with van der Waals surface area (Å²) < 4.78 is 5.42. The van der Waals surface area contributed by atoms with Crippen LogP contribution in [-0.2, 0) is 9.53 Å². The average Bonchev–Trinajstić information content (AvgIpc) is 2.77. The van der Waals surface area contributed by atoms with Crippen LogP contribution in [0.15, 0.2) is 0 Å². The van der Waals surface area contributed by atoms with E-state index < -0.39 is 18.6 Å². The second-order valence-corrected chi connectivity index (χ2v) is 6.37. The molecule has 3 atom stereocenters. The number of aliphatic carboxylic acids is 1. The summed E-state index contributed by atoms with van der Waals surface area (Å²) in [6.45, 7) is 3.78. The van der Waals surface area contributed by atoms with E-state index in [1.807, 2.05) is 0 Å². The van der Waals surface area contributed by atoms with Gasteiger partial charge in [0.05, 0.1) is 13.2 Å². The minimum atomic E-state index is -1.35. The van der Waals surface area contributed by atoms with Crippen LogP contribution in [-0.4, -0.2) is 84.1 Å². The Kier molecular flexibility index (Phi) is 6.19. The molecule has 2 aliphatic heterocycles. The normalized spacial score (nSPS) is 33.0. The van der Waals surface area contributed by atoms with Crippen molar-refractivity contribution in [3.8, 4) is 0 Å². The van der Waals surface area contributed by atoms with Crippen LogP contribution < -0.4 is 11.1 Å². The first kappa shape index (κ1) is 17.6. The van der Waals surface area contributed by atoms with Gasteiger partial charge < -0.3 is 30.9 Å². The number of nitrogens with two attached hydrogens (primary N) is 1. The summed E-state index contributed by atoms with van der Waals surface area (Å²) in [7, 11) is -1.35. The Hall–Kier alpha value is -0.705. The van der Waals surface area contributed by atoms with E-state index in [4.69, 9.17) is 20.5 Å². The molecule has 0 aromatic rings. The van der Waals surface area contributed by atoms with Gasteiger partial charge in [-0.3, -0.25) is 9.69 Å². The van der Waals surface area contributed by atoms with Crippen molar-refractivity contribution < 1.29 is 24.7 Å². The number of hydrogen-bond acceptors (Lipinski definition) is 7. The molecule has 0 spiro atoms. The lowest BCUT2D eigenvalue weighted by Gasteiger charge is -2.28. The molecule has 0 saturated carbocycles. The molecule has 2 heterocycles. The first-order chi connectivity index (χ1) is 10.4. The summed E-state index contributed by atoms with van der Waals surface area (Å²) in [5.41, 5.74) is 4.87. The molecule has 0 aromatic carbocycles. The van der Waals surface area contributed by atoms with E-state index >= 15 is 0 Å². The van der Waals surface area contributed by atoms with Gasteiger partial charge in [-0.15, -0.1) is 0 Å². The topological polar surface area (TPSA) is 128 Å². The van der Waals surface area contributed by atoms with E-state index in [9.17, 15) is 9.90 Å². The monoisotopic (exact) mass is 315 g/mol. The number of nitrogens with zero attached hydrogens (tertiary/aromatic N) is 1. The summed E-state index contributed by atoms with van der Waals surface area (Å²) in [4.78, 5) is 13.6. The molecule has 0 bridgehead atoms. The molecule has 0 aromatic heterocycles. The number of ether oxygens (including phenoxy) is 1. The average molecular weight is 315 g/mol. The van der Waals surface area contributed by atoms with Crippen molar-refractivity contribution in [2.45, 2.75) is 30.7 Å². The fourth-order valence-electron chi connectivity index (χ4n) is 3.36. The number of likely N-dealkylation sites (tertiary alicyclic amines) is 1. The van der Waals surface area contributed by atoms with Crippen LogP contribution in [0.4, 0.5) is 0 Å². The second kappa shape index (κ2) is 7.71. The molecule has 0 radical (unpaired) electrons. The highest BCUT2D eigenvalue weighted by Crippen LogP contribution is 2.30. The predicted octanol–water partition coefficient (Wildman–Crippen LogP) is -2.06. The highest BCUT2D eigenvalue weighted by molar-refractivity contribution is 6.40. The van der Waals surface area contributed by atoms with Gasteiger partial charge in [0.15, 0.2) is 0 Å². The minimum Gasteiger partial charge on any atom is -0.480 e. The SMILES string of the molecule is N[C@@]1(C(=O)O)CN(C[C@@H]2COCCN2)C[C@@H]1CCCB(O)O. The van der Waals surface area contributed by atoms with Gasteiger partial charge in [0, 0.05) is 38.1 Å². The maximum Gasteiger partial charge on any atom is 0.451 e. The smallest absolute Gasteiger partial charge is 0.451 e. The van der Waals surface area contributed by atoms with Gasteiger partial charge in [-0.1, -0.05) is 6.42 Å². The van der Waals surface area contributed by atoms with Crippen molar-refractivity contribution in [3.63, 3.8) is 0 Å². The number of carbonyl (C=O) groups is 1. The molecule has 126 valence electrons. The number of carboxylic acid groups (broad SMARTS) is 1. The first-order valence-corrected chi connectivity index (χ1v) is 7.83. The van der Waals surface area contributed by atoms with Crippen molar-refractivity contribution in [1.29, 1.82) is 0 Å². The van der Waals surface area contributed by atoms with Crippen LogP contribution in [0, 0.1) is 5.92 Å². The van der Waals surface area contributed by atoms with Crippen molar-refractivity contribution in [3.05, 3.63) is 0 Å². The highest BCUT2D eigenvalue weighted by Gasteiger charge is 2.49. The van der Waals surface area contributed by atoms with Crippen molar-refractivity contribution in [2.24, 2.45) is 11.7 Å². The molecular weight excluding hydrogens is 289 g/mol. The zero-order valence-corrected chi connectivity index (χ0v) is 12.8. The Morgan fingerprint density at radius 3 is 2.86 bits per heavy atom. The van der Waals surface area contributed by atoms with E-state index in [1.165, 1.54) is 0 Å². The van der Waals surface area contributed by atoms with Crippen LogP contribution in [0.5, 0.6) is 0 Å². The molecule has 9 heteroatoms. The lowest BCUT2D eigenvalue weighted by Crippen LogP contribution is -2.55. The third-order valence-electron chi connectivity index (χ3n) is 4.58. The Bertz CT molecular complexity index is 381. The molecule has 2 fully saturated rings. The van der Waals surface area contributed by atoms with Crippen LogP contribution >= 0.6 is 0 Å². The Morgan fingerprint density at radius 2 is 2.27 bits per heavy atom. The predicted molar refractivity (Wildman–Crippen MR) is 81.3 cm³/mol. The zero-order chi connectivity index (χ0) is 16.2. The first-order valence-electron chi connectivity index (χ1n) is 7.83. The van der Waals surface area contributed by atoms with Gasteiger partial charge in [-0.05, 0) is 12.7 Å². The molecule has 2 rings (SSSR count). The van der Waals surface area contributed by atoms with Crippen LogP contribution in [0.25, 0.3) is 0 Å². The van der Waals surface area contributed by atoms with E-state index in [2.05, 4.69) is 10.2 Å². The van der Waals surface area contributed by atoms with E-state index in [-0.39, 0.29) is 18.3 Å². The van der Waals surface area contributed by atoms with E-state index in [0.717, 1.165) is 6.54 Å². The van der Waals surface area contributed by atoms with Gasteiger partial charge in [0.1, 0.15) is 5.54 Å². The van der Waals surface area contributed by atoms with Crippen molar-refractivity contribution >= 4 is 13.1 Å². The highest BCUT2D eigenvalue weighted by atomic mass is 16.5. The number of morpholine rings is 1. The second-order valence-electron chi connectivity index (χ2n) is 6.37. The van der Waals surface area contributed by atoms with Crippen molar-refractivity contribution in [2.75, 3.05) is 39.4 Å². The maximum atomic E-state index is 11.6. The van der Waals surface area contributed by atoms with Gasteiger partial charge >= 0.3 is 13.1 Å². The molecule has 6 N–H and O–H groups in total. The Labute approximate surface area is 130 Å². The molecule has 22 heavy (non-hydrogen) atoms. The molecule has 8 nitrogen and oxygen atoms in total. The lowest BCUT2D eigenvalue weighted by atomic mass is 9.78. The number of hydrogen-bond donors (Lipinski definition) is 5. The van der Waals surface area contributed by atoms with Gasteiger partial charge in [-0.25, -0.2) is 0 Å². The van der Waals surface area contributed by atoms with E-state index in [0.29, 0.717) is 45.7 Å². The third kappa shape index (κ3) is 4.40. The zero-order valence-electron chi connectivity index (χ0n) is 12.8. The Morgan fingerprint density at radius 1 is 1.50 bits per heavy atom.